The first-order chi connectivity index (χ1) is 16.7. The van der Waals surface area contributed by atoms with Crippen molar-refractivity contribution in [3.05, 3.63) is 28.4 Å². The van der Waals surface area contributed by atoms with E-state index in [1.54, 1.807) is 0 Å². The van der Waals surface area contributed by atoms with Crippen molar-refractivity contribution < 1.29 is 29.4 Å². The van der Waals surface area contributed by atoms with Gasteiger partial charge >= 0.3 is 5.97 Å². The van der Waals surface area contributed by atoms with Crippen molar-refractivity contribution in [2.75, 3.05) is 30.1 Å². The van der Waals surface area contributed by atoms with E-state index in [9.17, 15) is 24.6 Å². The Balaban J connectivity index is 1.49. The van der Waals surface area contributed by atoms with Crippen LogP contribution in [0.1, 0.15) is 5.69 Å². The summed E-state index contributed by atoms with van der Waals surface area (Å²) in [5.41, 5.74) is 11.5. The molecule has 0 bridgehead atoms. The van der Waals surface area contributed by atoms with Crippen LogP contribution >= 0.6 is 34.9 Å². The molecule has 0 unspecified atom stereocenters. The highest BCUT2D eigenvalue weighted by Gasteiger charge is 2.54. The second-order valence-corrected chi connectivity index (χ2v) is 9.97. The number of carbonyl (C=O) groups excluding carboxylic acids is 2. The summed E-state index contributed by atoms with van der Waals surface area (Å²) in [7, 11) is 1.26. The van der Waals surface area contributed by atoms with E-state index >= 15 is 0 Å². The van der Waals surface area contributed by atoms with Crippen LogP contribution in [0, 0.1) is 0 Å². The first-order valence-corrected chi connectivity index (χ1v) is 12.6. The van der Waals surface area contributed by atoms with E-state index in [0.717, 1.165) is 28.0 Å². The lowest BCUT2D eigenvalue weighted by Gasteiger charge is -2.49. The molecule has 2 aromatic rings. The summed E-state index contributed by atoms with van der Waals surface area (Å²) in [6.45, 7) is 0. The number of aliphatic carboxylic acids is 1. The third kappa shape index (κ3) is 4.96. The largest absolute Gasteiger partial charge is 0.493 e. The number of rotatable bonds is 8. The van der Waals surface area contributed by atoms with Crippen molar-refractivity contribution in [2.24, 2.45) is 5.16 Å². The van der Waals surface area contributed by atoms with Crippen LogP contribution < -0.4 is 16.8 Å². The highest BCUT2D eigenvalue weighted by atomic mass is 32.2. The number of hydrogen-bond acceptors (Lipinski definition) is 14. The fourth-order valence-corrected chi connectivity index (χ4v) is 6.24. The highest BCUT2D eigenvalue weighted by Crippen LogP contribution is 2.41. The van der Waals surface area contributed by atoms with Crippen LogP contribution in [0.15, 0.2) is 33.0 Å². The van der Waals surface area contributed by atoms with Crippen molar-refractivity contribution in [3.63, 3.8) is 0 Å². The number of carboxylic acid groups (broad SMARTS) is 1. The van der Waals surface area contributed by atoms with Gasteiger partial charge < -0.3 is 31.8 Å². The second-order valence-electron chi connectivity index (χ2n) is 7.03. The van der Waals surface area contributed by atoms with Gasteiger partial charge in [0.1, 0.15) is 35.7 Å². The van der Waals surface area contributed by atoms with Crippen LogP contribution in [-0.2, 0) is 19.2 Å². The molecule has 1 saturated heterocycles. The van der Waals surface area contributed by atoms with Gasteiger partial charge in [-0.25, -0.2) is 14.8 Å². The number of amides is 2. The molecule has 0 aliphatic carbocycles. The molecule has 17 heteroatoms. The lowest BCUT2D eigenvalue weighted by atomic mass is 10.0. The van der Waals surface area contributed by atoms with Gasteiger partial charge in [-0.2, -0.15) is 4.98 Å². The number of fused-ring (bicyclic) bond motifs is 1. The van der Waals surface area contributed by atoms with Crippen LogP contribution in [0.2, 0.25) is 0 Å². The van der Waals surface area contributed by atoms with Crippen molar-refractivity contribution in [1.29, 1.82) is 0 Å². The number of aromatic nitrogens is 3. The topological polar surface area (TPSA) is 219 Å². The number of nitrogens with one attached hydrogen (secondary N) is 1. The van der Waals surface area contributed by atoms with Crippen molar-refractivity contribution in [2.45, 2.75) is 16.6 Å². The van der Waals surface area contributed by atoms with E-state index in [1.165, 1.54) is 30.3 Å². The lowest BCUT2D eigenvalue weighted by molar-refractivity contribution is -0.150. The monoisotopic (exact) mass is 538 g/mol. The number of hydrogen-bond donors (Lipinski definition) is 5. The zero-order valence-electron chi connectivity index (χ0n) is 17.9. The number of anilines is 2. The van der Waals surface area contributed by atoms with Gasteiger partial charge in [0.15, 0.2) is 16.0 Å². The van der Waals surface area contributed by atoms with E-state index in [-0.39, 0.29) is 50.6 Å². The van der Waals surface area contributed by atoms with Crippen LogP contribution in [0.5, 0.6) is 5.88 Å². The minimum atomic E-state index is -1.28. The molecule has 35 heavy (non-hydrogen) atoms. The molecule has 0 aromatic carbocycles. The highest BCUT2D eigenvalue weighted by molar-refractivity contribution is 8.01. The molecule has 2 aromatic heterocycles. The van der Waals surface area contributed by atoms with Gasteiger partial charge in [-0.1, -0.05) is 16.9 Å². The molecule has 7 N–H and O–H groups in total. The summed E-state index contributed by atoms with van der Waals surface area (Å²) >= 11 is 3.48. The molecule has 0 radical (unpaired) electrons. The van der Waals surface area contributed by atoms with Gasteiger partial charge in [0.2, 0.25) is 5.88 Å². The van der Waals surface area contributed by atoms with E-state index in [0.29, 0.717) is 5.57 Å². The normalized spacial score (nSPS) is 19.7. The lowest BCUT2D eigenvalue weighted by Crippen LogP contribution is -2.71. The smallest absolute Gasteiger partial charge is 0.352 e. The summed E-state index contributed by atoms with van der Waals surface area (Å²) in [6.07, 6.45) is 0. The van der Waals surface area contributed by atoms with Crippen LogP contribution in [-0.4, -0.2) is 83.6 Å². The summed E-state index contributed by atoms with van der Waals surface area (Å²) in [5.74, 6) is -2.37. The van der Waals surface area contributed by atoms with Crippen molar-refractivity contribution >= 4 is 69.3 Å². The Bertz CT molecular complexity index is 1240. The molecule has 0 saturated carbocycles. The number of thioether (sulfide) groups is 2. The summed E-state index contributed by atoms with van der Waals surface area (Å²) in [6, 6.07) is 0.218. The minimum Gasteiger partial charge on any atom is -0.493 e. The van der Waals surface area contributed by atoms with Crippen LogP contribution in [0.25, 0.3) is 0 Å². The first kappa shape index (κ1) is 24.6. The average molecular weight is 539 g/mol. The van der Waals surface area contributed by atoms with E-state index in [1.807, 2.05) is 0 Å². The molecule has 4 rings (SSSR count). The van der Waals surface area contributed by atoms with Gasteiger partial charge in [-0.3, -0.25) is 14.5 Å². The Labute approximate surface area is 209 Å². The number of nitrogens with zero attached hydrogens (tertiary/aromatic N) is 5. The van der Waals surface area contributed by atoms with Gasteiger partial charge in [-0.05, 0) is 5.57 Å². The summed E-state index contributed by atoms with van der Waals surface area (Å²) in [4.78, 5) is 55.4. The number of oxime groups is 1. The average Bonchev–Trinajstić information content (AvgIpc) is 3.23. The summed E-state index contributed by atoms with van der Waals surface area (Å²) < 4.78 is 0. The fourth-order valence-electron chi connectivity index (χ4n) is 3.34. The molecule has 0 spiro atoms. The Kier molecular flexibility index (Phi) is 6.99. The number of thiazole rings is 1. The molecule has 2 amide bonds. The quantitative estimate of drug-likeness (QED) is 0.0958. The Hall–Kier alpha value is -3.57. The molecule has 2 aliphatic heterocycles. The van der Waals surface area contributed by atoms with Gasteiger partial charge in [0, 0.05) is 23.0 Å². The van der Waals surface area contributed by atoms with Gasteiger partial charge in [0.05, 0.1) is 0 Å². The number of aromatic hydroxyl groups is 1. The third-order valence-electron chi connectivity index (χ3n) is 4.79. The number of carboxylic acids is 1. The second kappa shape index (κ2) is 9.96. The van der Waals surface area contributed by atoms with Crippen LogP contribution in [0.3, 0.4) is 0 Å². The fraction of sp³-hybridized carbons (Fsp3) is 0.278. The predicted octanol–water partition coefficient (Wildman–Crippen LogP) is -0.315. The number of nitrogen functional groups attached to an aromatic ring is 2. The molecule has 2 atom stereocenters. The number of nitrogens with two attached hydrogens (primary N) is 2. The van der Waals surface area contributed by atoms with Crippen molar-refractivity contribution in [3.8, 4) is 5.88 Å². The van der Waals surface area contributed by atoms with Gasteiger partial charge in [0.25, 0.3) is 11.8 Å². The van der Waals surface area contributed by atoms with Crippen molar-refractivity contribution in [1.82, 2.24) is 25.2 Å². The van der Waals surface area contributed by atoms with Gasteiger partial charge in [-0.15, -0.1) is 23.1 Å². The molecule has 184 valence electrons. The Morgan fingerprint density at radius 1 is 1.37 bits per heavy atom. The molecule has 4 heterocycles. The molecule has 2 aliphatic rings. The molecule has 1 fully saturated rings. The molecular formula is C18H18N8O6S3. The maximum absolute atomic E-state index is 12.9. The van der Waals surface area contributed by atoms with E-state index in [4.69, 9.17) is 16.3 Å². The third-order valence-corrected chi connectivity index (χ3v) is 7.73. The SMILES string of the molecule is CON=C(C(=O)N[C@@H]1C(=O)N2C(C(=O)O)=C(CSc3nc(N)cc(O)n3)CS[C@@H]12)c1csc(N)n1. The first-order valence-electron chi connectivity index (χ1n) is 9.69. The Morgan fingerprint density at radius 2 is 2.14 bits per heavy atom. The van der Waals surface area contributed by atoms with Crippen LogP contribution in [0.4, 0.5) is 10.9 Å². The maximum Gasteiger partial charge on any atom is 0.352 e. The zero-order chi connectivity index (χ0) is 25.3. The summed E-state index contributed by atoms with van der Waals surface area (Å²) in [5, 5.41) is 26.9. The number of β-lactam (4-membered cyclic amide) rings is 1. The molecule has 14 nitrogen and oxygen atoms in total. The zero-order valence-corrected chi connectivity index (χ0v) is 20.3. The number of carbonyl (C=O) groups is 3. The van der Waals surface area contributed by atoms with E-state index in [2.05, 4.69) is 25.4 Å². The Morgan fingerprint density at radius 3 is 2.77 bits per heavy atom. The predicted molar refractivity (Wildman–Crippen MR) is 129 cm³/mol. The minimum absolute atomic E-state index is 0.0683. The van der Waals surface area contributed by atoms with E-state index < -0.39 is 29.2 Å². The maximum atomic E-state index is 12.9. The standard InChI is InChI=1S/C18H18N8O6S3/c1-32-25-10(7-5-34-17(20)21-7)13(28)24-11-14(29)26-12(16(30)31)6(3-33-15(11)26)4-35-18-22-8(19)2-9(27)23-18/h2,5,11,15H,3-4H2,1H3,(H2,20,21)(H,24,28)(H,30,31)(H3,19,22,23,27)/t11-,15+/m1/s1. The molecular weight excluding hydrogens is 520 g/mol.